The Bertz CT molecular complexity index is 728. The maximum Gasteiger partial charge on any atom is 0.486 e. The molecule has 1 saturated heterocycles. The molecule has 3 atom stereocenters. The minimum absolute atomic E-state index is 0.296. The number of nitrogens with two attached hydrogens (primary N) is 1. The van der Waals surface area contributed by atoms with E-state index < -0.39 is 29.6 Å². The van der Waals surface area contributed by atoms with Gasteiger partial charge in [0.25, 0.3) is 0 Å². The van der Waals surface area contributed by atoms with Gasteiger partial charge in [-0.3, -0.25) is 4.90 Å². The van der Waals surface area contributed by atoms with Gasteiger partial charge in [-0.25, -0.2) is 9.59 Å². The molecular weight excluding hydrogens is 387 g/mol. The number of carboxylic acids is 1. The molecule has 0 spiro atoms. The van der Waals surface area contributed by atoms with Crippen molar-refractivity contribution in [3.8, 4) is 0 Å². The molecule has 1 amide bonds. The maximum absolute atomic E-state index is 12.2. The average Bonchev–Trinajstić information content (AvgIpc) is 3.06. The number of carbonyl (C=O) groups excluding carboxylic acids is 1. The zero-order chi connectivity index (χ0) is 23.8. The summed E-state index contributed by atoms with van der Waals surface area (Å²) in [6.45, 7) is 9.63. The van der Waals surface area contributed by atoms with Crippen LogP contribution in [0.25, 0.3) is 0 Å². The number of hydrogen-bond acceptors (Lipinski definition) is 6. The smallest absolute Gasteiger partial charge is 0.480 e. The van der Waals surface area contributed by atoms with Crippen molar-refractivity contribution < 1.29 is 30.5 Å². The molecule has 0 unspecified atom stereocenters. The molecule has 2 rings (SSSR count). The first kappa shape index (κ1) is 24.2. The summed E-state index contributed by atoms with van der Waals surface area (Å²) in [4.78, 5) is 25.2. The van der Waals surface area contributed by atoms with Gasteiger partial charge in [-0.2, -0.15) is 0 Å². The Morgan fingerprint density at radius 2 is 2.03 bits per heavy atom. The van der Waals surface area contributed by atoms with Crippen LogP contribution in [0.3, 0.4) is 0 Å². The fraction of sp³-hybridized carbons (Fsp3) is 0.619. The zero-order valence-corrected chi connectivity index (χ0v) is 18.4. The molecule has 1 heterocycles. The predicted molar refractivity (Wildman–Crippen MR) is 115 cm³/mol. The van der Waals surface area contributed by atoms with Crippen molar-refractivity contribution in [2.75, 3.05) is 6.54 Å². The van der Waals surface area contributed by atoms with Crippen LogP contribution in [0.2, 0.25) is 0 Å². The van der Waals surface area contributed by atoms with Gasteiger partial charge < -0.3 is 25.3 Å². The van der Waals surface area contributed by atoms with Crippen LogP contribution in [0.5, 0.6) is 0 Å². The van der Waals surface area contributed by atoms with Crippen molar-refractivity contribution in [1.29, 1.82) is 0 Å². The molecule has 1 radical (unpaired) electrons. The first-order valence-corrected chi connectivity index (χ1v) is 10.0. The lowest BCUT2D eigenvalue weighted by atomic mass is 9.92. The molecule has 167 valence electrons. The van der Waals surface area contributed by atoms with Gasteiger partial charge in [-0.15, -0.1) is 0 Å². The lowest BCUT2D eigenvalue weighted by Crippen LogP contribution is -2.45. The second kappa shape index (κ2) is 11.9. The van der Waals surface area contributed by atoms with Crippen LogP contribution in [0.1, 0.15) is 60.3 Å². The van der Waals surface area contributed by atoms with E-state index in [9.17, 15) is 14.7 Å². The van der Waals surface area contributed by atoms with Gasteiger partial charge in [0.05, 0.1) is 7.60 Å². The minimum Gasteiger partial charge on any atom is -0.480 e. The van der Waals surface area contributed by atoms with E-state index in [-0.39, 0.29) is 6.23 Å². The van der Waals surface area contributed by atoms with Crippen LogP contribution in [0.15, 0.2) is 30.3 Å². The quantitative estimate of drug-likeness (QED) is 0.476. The molecule has 1 fully saturated rings. The standard InChI is InChI=1S/C16H21NO4.C5H13BNO2/c1-16(2,3)21-15(20)17-10-9-12(13(17)14(18)19)11-7-5-4-6-8-11;1-4(2)3-5(7)9-6-8/h4-8,12-13H,9-10H2,1-3H3,(H,18,19);4-5,8H,3,7H2,1-2H3/t12-,13-;5-/m01/s1/i7D;. The van der Waals surface area contributed by atoms with E-state index in [2.05, 4.69) is 4.65 Å². The zero-order valence-electron chi connectivity index (χ0n) is 19.4. The highest BCUT2D eigenvalue weighted by atomic mass is 16.6. The number of carboxylic acid groups (broad SMARTS) is 1. The summed E-state index contributed by atoms with van der Waals surface area (Å²) >= 11 is 0. The van der Waals surface area contributed by atoms with Crippen LogP contribution in [0.4, 0.5) is 4.79 Å². The number of rotatable bonds is 6. The average molecular weight is 422 g/mol. The molecule has 1 aliphatic rings. The summed E-state index contributed by atoms with van der Waals surface area (Å²) in [5.74, 6) is -0.963. The SMILES string of the molecule is CC(C)C[C@H](N)O[B]O.[2H]c1ccccc1[C@@H]1CCN(C(=O)OC(C)(C)C)[C@@H]1C(=O)O. The molecule has 1 aliphatic heterocycles. The van der Waals surface area contributed by atoms with Crippen LogP contribution in [-0.2, 0) is 14.2 Å². The molecule has 1 aromatic rings. The van der Waals surface area contributed by atoms with Crippen molar-refractivity contribution in [1.82, 2.24) is 4.90 Å². The van der Waals surface area contributed by atoms with E-state index >= 15 is 0 Å². The lowest BCUT2D eigenvalue weighted by molar-refractivity contribution is -0.142. The fourth-order valence-corrected chi connectivity index (χ4v) is 3.18. The van der Waals surface area contributed by atoms with E-state index in [1.165, 1.54) is 4.90 Å². The van der Waals surface area contributed by atoms with E-state index in [1.807, 2.05) is 13.8 Å². The van der Waals surface area contributed by atoms with Gasteiger partial charge in [-0.05, 0) is 45.1 Å². The van der Waals surface area contributed by atoms with Crippen LogP contribution in [0, 0.1) is 5.92 Å². The van der Waals surface area contributed by atoms with Crippen molar-refractivity contribution in [3.05, 3.63) is 35.9 Å². The Kier molecular flexibility index (Phi) is 9.61. The Labute approximate surface area is 181 Å². The number of likely N-dealkylation sites (tertiary alicyclic amines) is 1. The van der Waals surface area contributed by atoms with E-state index in [0.29, 0.717) is 38.2 Å². The highest BCUT2D eigenvalue weighted by molar-refractivity contribution is 6.15. The highest BCUT2D eigenvalue weighted by Gasteiger charge is 2.44. The molecule has 4 N–H and O–H groups in total. The number of aliphatic carboxylic acids is 1. The Balaban J connectivity index is 0.000000452. The summed E-state index contributed by atoms with van der Waals surface area (Å²) in [5, 5.41) is 17.7. The van der Waals surface area contributed by atoms with Crippen LogP contribution in [-0.4, -0.2) is 59.2 Å². The molecule has 30 heavy (non-hydrogen) atoms. The molecule has 0 aliphatic carbocycles. The molecule has 0 aromatic heterocycles. The lowest BCUT2D eigenvalue weighted by Gasteiger charge is -2.28. The third-order valence-corrected chi connectivity index (χ3v) is 4.35. The molecular formula is C21H34BN2O6. The van der Waals surface area contributed by atoms with Crippen molar-refractivity contribution in [3.63, 3.8) is 0 Å². The molecule has 0 bridgehead atoms. The molecule has 1 aromatic carbocycles. The fourth-order valence-electron chi connectivity index (χ4n) is 3.18. The summed E-state index contributed by atoms with van der Waals surface area (Å²) in [7, 11) is 0.632. The first-order valence-electron chi connectivity index (χ1n) is 10.5. The third-order valence-electron chi connectivity index (χ3n) is 4.35. The Morgan fingerprint density at radius 1 is 1.37 bits per heavy atom. The van der Waals surface area contributed by atoms with E-state index in [4.69, 9.17) is 16.9 Å². The van der Waals surface area contributed by atoms with Gasteiger partial charge in [0, 0.05) is 12.5 Å². The van der Waals surface area contributed by atoms with Crippen molar-refractivity contribution in [2.24, 2.45) is 11.7 Å². The minimum atomic E-state index is -1.07. The maximum atomic E-state index is 12.2. The summed E-state index contributed by atoms with van der Waals surface area (Å²) < 4.78 is 17.8. The van der Waals surface area contributed by atoms with E-state index in [0.717, 1.165) is 6.42 Å². The first-order chi connectivity index (χ1) is 14.4. The number of amides is 1. The Morgan fingerprint density at radius 3 is 2.53 bits per heavy atom. The van der Waals surface area contributed by atoms with Gasteiger partial charge >= 0.3 is 19.7 Å². The summed E-state index contributed by atoms with van der Waals surface area (Å²) in [6.07, 6.45) is 0.281. The van der Waals surface area contributed by atoms with Gasteiger partial charge in [0.15, 0.2) is 0 Å². The number of hydrogen-bond donors (Lipinski definition) is 3. The molecule has 0 saturated carbocycles. The molecule has 9 heteroatoms. The number of nitrogens with zero attached hydrogens (tertiary/aromatic N) is 1. The van der Waals surface area contributed by atoms with Gasteiger partial charge in [-0.1, -0.05) is 44.2 Å². The number of benzene rings is 1. The van der Waals surface area contributed by atoms with Crippen molar-refractivity contribution >= 4 is 19.7 Å². The normalized spacial score (nSPS) is 20.1. The summed E-state index contributed by atoms with van der Waals surface area (Å²) in [5.41, 5.74) is 5.35. The van der Waals surface area contributed by atoms with Gasteiger partial charge in [0.2, 0.25) is 0 Å². The number of carbonyl (C=O) groups is 2. The predicted octanol–water partition coefficient (Wildman–Crippen LogP) is 2.72. The van der Waals surface area contributed by atoms with Crippen molar-refractivity contribution in [2.45, 2.75) is 71.2 Å². The monoisotopic (exact) mass is 422 g/mol. The van der Waals surface area contributed by atoms with Crippen LogP contribution >= 0.6 is 0 Å². The van der Waals surface area contributed by atoms with Crippen LogP contribution < -0.4 is 5.73 Å². The number of ether oxygens (including phenoxy) is 1. The van der Waals surface area contributed by atoms with Gasteiger partial charge in [0.1, 0.15) is 11.6 Å². The second-order valence-corrected chi connectivity index (χ2v) is 8.58. The topological polar surface area (TPSA) is 122 Å². The molecule has 8 nitrogen and oxygen atoms in total. The Hall–Kier alpha value is -2.10. The van der Waals surface area contributed by atoms with E-state index in [1.54, 1.807) is 45.0 Å². The summed E-state index contributed by atoms with van der Waals surface area (Å²) in [6, 6.07) is 6.20. The third kappa shape index (κ3) is 8.73. The second-order valence-electron chi connectivity index (χ2n) is 8.58. The largest absolute Gasteiger partial charge is 0.486 e. The highest BCUT2D eigenvalue weighted by Crippen LogP contribution is 2.34.